The van der Waals surface area contributed by atoms with E-state index in [2.05, 4.69) is 36.2 Å². The fourth-order valence-electron chi connectivity index (χ4n) is 2.65. The number of rotatable bonds is 2. The van der Waals surface area contributed by atoms with Gasteiger partial charge in [0.25, 0.3) is 0 Å². The number of anilines is 1. The quantitative estimate of drug-likeness (QED) is 0.877. The SMILES string of the molecule is CC1(C)CN(c2cccc(C#N)c2)CC(CC#N)N1. The molecule has 1 aromatic carbocycles. The van der Waals surface area contributed by atoms with E-state index in [-0.39, 0.29) is 11.6 Å². The summed E-state index contributed by atoms with van der Waals surface area (Å²) in [7, 11) is 0. The van der Waals surface area contributed by atoms with Crippen molar-refractivity contribution >= 4 is 5.69 Å². The van der Waals surface area contributed by atoms with E-state index in [1.165, 1.54) is 0 Å². The molecule has 0 bridgehead atoms. The Kier molecular flexibility index (Phi) is 3.74. The first-order chi connectivity index (χ1) is 9.04. The Hall–Kier alpha value is -2.04. The molecular weight excluding hydrogens is 236 g/mol. The number of hydrogen-bond donors (Lipinski definition) is 1. The molecule has 1 aromatic rings. The lowest BCUT2D eigenvalue weighted by Crippen LogP contribution is -2.62. The molecular formula is C15H18N4. The fraction of sp³-hybridized carbons (Fsp3) is 0.467. The van der Waals surface area contributed by atoms with Crippen LogP contribution in [0.4, 0.5) is 5.69 Å². The van der Waals surface area contributed by atoms with E-state index in [1.807, 2.05) is 24.3 Å². The Morgan fingerprint density at radius 1 is 1.42 bits per heavy atom. The van der Waals surface area contributed by atoms with Gasteiger partial charge in [0.1, 0.15) is 0 Å². The van der Waals surface area contributed by atoms with E-state index in [0.29, 0.717) is 12.0 Å². The first-order valence-electron chi connectivity index (χ1n) is 6.44. The predicted molar refractivity (Wildman–Crippen MR) is 74.6 cm³/mol. The van der Waals surface area contributed by atoms with E-state index in [1.54, 1.807) is 0 Å². The largest absolute Gasteiger partial charge is 0.368 e. The van der Waals surface area contributed by atoms with E-state index < -0.39 is 0 Å². The van der Waals surface area contributed by atoms with Gasteiger partial charge >= 0.3 is 0 Å². The maximum atomic E-state index is 8.98. The third kappa shape index (κ3) is 3.24. The summed E-state index contributed by atoms with van der Waals surface area (Å²) in [6, 6.07) is 12.2. The van der Waals surface area contributed by atoms with Gasteiger partial charge in [0, 0.05) is 30.4 Å². The van der Waals surface area contributed by atoms with Crippen LogP contribution in [0.5, 0.6) is 0 Å². The maximum absolute atomic E-state index is 8.98. The number of hydrogen-bond acceptors (Lipinski definition) is 4. The molecule has 2 rings (SSSR count). The van der Waals surface area contributed by atoms with Gasteiger partial charge in [0.2, 0.25) is 0 Å². The standard InChI is InChI=1S/C15H18N4/c1-15(2)11-19(10-13(18-15)6-7-16)14-5-3-4-12(8-14)9-17/h3-5,8,13,18H,6,10-11H2,1-2H3. The highest BCUT2D eigenvalue weighted by Gasteiger charge is 2.31. The van der Waals surface area contributed by atoms with Gasteiger partial charge in [-0.15, -0.1) is 0 Å². The van der Waals surface area contributed by atoms with Crippen molar-refractivity contribution in [2.75, 3.05) is 18.0 Å². The number of nitrogens with zero attached hydrogens (tertiary/aromatic N) is 3. The zero-order chi connectivity index (χ0) is 13.9. The molecule has 4 nitrogen and oxygen atoms in total. The van der Waals surface area contributed by atoms with Gasteiger partial charge in [0.05, 0.1) is 24.1 Å². The Labute approximate surface area is 114 Å². The third-order valence-corrected chi connectivity index (χ3v) is 3.30. The van der Waals surface area contributed by atoms with Gasteiger partial charge in [-0.2, -0.15) is 10.5 Å². The molecule has 0 radical (unpaired) electrons. The van der Waals surface area contributed by atoms with Crippen LogP contribution in [-0.2, 0) is 0 Å². The van der Waals surface area contributed by atoms with Crippen LogP contribution in [0.3, 0.4) is 0 Å². The van der Waals surface area contributed by atoms with Gasteiger partial charge in [-0.3, -0.25) is 0 Å². The molecule has 1 atom stereocenters. The zero-order valence-corrected chi connectivity index (χ0v) is 11.3. The highest BCUT2D eigenvalue weighted by Crippen LogP contribution is 2.23. The lowest BCUT2D eigenvalue weighted by Gasteiger charge is -2.44. The van der Waals surface area contributed by atoms with Crippen LogP contribution >= 0.6 is 0 Å². The highest BCUT2D eigenvalue weighted by atomic mass is 15.2. The molecule has 0 aliphatic carbocycles. The first kappa shape index (κ1) is 13.4. The van der Waals surface area contributed by atoms with Gasteiger partial charge in [-0.05, 0) is 32.0 Å². The van der Waals surface area contributed by atoms with Crippen molar-refractivity contribution in [2.45, 2.75) is 31.8 Å². The van der Waals surface area contributed by atoms with Gasteiger partial charge < -0.3 is 10.2 Å². The number of benzene rings is 1. The summed E-state index contributed by atoms with van der Waals surface area (Å²) >= 11 is 0. The van der Waals surface area contributed by atoms with E-state index in [0.717, 1.165) is 18.8 Å². The predicted octanol–water partition coefficient (Wildman–Crippen LogP) is 2.03. The minimum Gasteiger partial charge on any atom is -0.368 e. The summed E-state index contributed by atoms with van der Waals surface area (Å²) in [5.74, 6) is 0. The minimum absolute atomic E-state index is 0.0393. The van der Waals surface area contributed by atoms with E-state index in [9.17, 15) is 0 Å². The van der Waals surface area contributed by atoms with Crippen LogP contribution < -0.4 is 10.2 Å². The topological polar surface area (TPSA) is 62.9 Å². The Bertz CT molecular complexity index is 536. The van der Waals surface area contributed by atoms with Crippen molar-refractivity contribution in [3.05, 3.63) is 29.8 Å². The number of nitriles is 2. The third-order valence-electron chi connectivity index (χ3n) is 3.30. The first-order valence-corrected chi connectivity index (χ1v) is 6.44. The van der Waals surface area contributed by atoms with Gasteiger partial charge in [0.15, 0.2) is 0 Å². The highest BCUT2D eigenvalue weighted by molar-refractivity contribution is 5.52. The smallest absolute Gasteiger partial charge is 0.0992 e. The second-order valence-electron chi connectivity index (χ2n) is 5.63. The fourth-order valence-corrected chi connectivity index (χ4v) is 2.65. The minimum atomic E-state index is -0.0393. The molecule has 0 aromatic heterocycles. The molecule has 0 saturated carbocycles. The molecule has 1 heterocycles. The molecule has 1 aliphatic rings. The summed E-state index contributed by atoms with van der Waals surface area (Å²) in [4.78, 5) is 2.25. The van der Waals surface area contributed by atoms with Crippen molar-refractivity contribution in [3.8, 4) is 12.1 Å². The monoisotopic (exact) mass is 254 g/mol. The van der Waals surface area contributed by atoms with Crippen LogP contribution in [0.1, 0.15) is 25.8 Å². The van der Waals surface area contributed by atoms with Crippen molar-refractivity contribution < 1.29 is 0 Å². The van der Waals surface area contributed by atoms with Crippen molar-refractivity contribution in [3.63, 3.8) is 0 Å². The number of nitrogens with one attached hydrogen (secondary N) is 1. The molecule has 1 unspecified atom stereocenters. The Morgan fingerprint density at radius 3 is 2.89 bits per heavy atom. The lowest BCUT2D eigenvalue weighted by atomic mass is 9.96. The van der Waals surface area contributed by atoms with Crippen LogP contribution in [0, 0.1) is 22.7 Å². The van der Waals surface area contributed by atoms with Crippen molar-refractivity contribution in [2.24, 2.45) is 0 Å². The molecule has 4 heteroatoms. The van der Waals surface area contributed by atoms with E-state index >= 15 is 0 Å². The summed E-state index contributed by atoms with van der Waals surface area (Å²) in [5, 5.41) is 21.3. The normalized spacial score (nSPS) is 21.5. The second-order valence-corrected chi connectivity index (χ2v) is 5.63. The summed E-state index contributed by atoms with van der Waals surface area (Å²) in [5.41, 5.74) is 1.69. The molecule has 0 amide bonds. The van der Waals surface area contributed by atoms with Crippen LogP contribution in [0.25, 0.3) is 0 Å². The Balaban J connectivity index is 2.23. The van der Waals surface area contributed by atoms with Crippen molar-refractivity contribution in [1.82, 2.24) is 5.32 Å². The summed E-state index contributed by atoms with van der Waals surface area (Å²) < 4.78 is 0. The van der Waals surface area contributed by atoms with Gasteiger partial charge in [-0.25, -0.2) is 0 Å². The molecule has 98 valence electrons. The molecule has 1 saturated heterocycles. The van der Waals surface area contributed by atoms with E-state index in [4.69, 9.17) is 10.5 Å². The Morgan fingerprint density at radius 2 is 2.21 bits per heavy atom. The second kappa shape index (κ2) is 5.30. The molecule has 1 aliphatic heterocycles. The maximum Gasteiger partial charge on any atom is 0.0992 e. The zero-order valence-electron chi connectivity index (χ0n) is 11.3. The molecule has 19 heavy (non-hydrogen) atoms. The molecule has 1 fully saturated rings. The lowest BCUT2D eigenvalue weighted by molar-refractivity contribution is 0.291. The van der Waals surface area contributed by atoms with Crippen LogP contribution in [-0.4, -0.2) is 24.7 Å². The average Bonchev–Trinajstić information content (AvgIpc) is 2.37. The molecule has 1 N–H and O–H groups in total. The van der Waals surface area contributed by atoms with Crippen molar-refractivity contribution in [1.29, 1.82) is 10.5 Å². The number of piperazine rings is 1. The van der Waals surface area contributed by atoms with Crippen LogP contribution in [0.15, 0.2) is 24.3 Å². The van der Waals surface area contributed by atoms with Gasteiger partial charge in [-0.1, -0.05) is 6.07 Å². The molecule has 0 spiro atoms. The summed E-state index contributed by atoms with van der Waals surface area (Å²) in [6.07, 6.45) is 0.498. The van der Waals surface area contributed by atoms with Crippen LogP contribution in [0.2, 0.25) is 0 Å². The summed E-state index contributed by atoms with van der Waals surface area (Å²) in [6.45, 7) is 5.94. The average molecular weight is 254 g/mol.